The number of H-pyrrole nitrogens is 1. The lowest BCUT2D eigenvalue weighted by atomic mass is 10.3. The highest BCUT2D eigenvalue weighted by Gasteiger charge is 2.28. The van der Waals surface area contributed by atoms with Crippen LogP contribution in [0.1, 0.15) is 12.7 Å². The fourth-order valence-corrected chi connectivity index (χ4v) is 2.26. The number of nitrogens with one attached hydrogen (secondary N) is 1. The number of hydrogen-bond acceptors (Lipinski definition) is 3. The molecule has 0 aliphatic rings. The Labute approximate surface area is 105 Å². The van der Waals surface area contributed by atoms with Gasteiger partial charge in [0.25, 0.3) is 0 Å². The Kier molecular flexibility index (Phi) is 3.17. The van der Waals surface area contributed by atoms with E-state index in [4.69, 9.17) is 9.79 Å². The SMILES string of the molecule is CC(n1c(=O)c(=O)[nH]c2cc(F)ccc21)P(=O)(O)O. The third-order valence-electron chi connectivity index (χ3n) is 2.74. The maximum Gasteiger partial charge on any atom is 0.347 e. The van der Waals surface area contributed by atoms with Gasteiger partial charge in [-0.1, -0.05) is 0 Å². The van der Waals surface area contributed by atoms with Crippen molar-refractivity contribution in [3.05, 3.63) is 44.7 Å². The van der Waals surface area contributed by atoms with Crippen molar-refractivity contribution >= 4 is 18.6 Å². The molecule has 0 radical (unpaired) electrons. The highest BCUT2D eigenvalue weighted by atomic mass is 31.2. The van der Waals surface area contributed by atoms with E-state index >= 15 is 0 Å². The van der Waals surface area contributed by atoms with Gasteiger partial charge in [0.05, 0.1) is 11.0 Å². The van der Waals surface area contributed by atoms with Crippen molar-refractivity contribution in [3.8, 4) is 0 Å². The molecule has 102 valence electrons. The lowest BCUT2D eigenvalue weighted by molar-refractivity contribution is 0.346. The van der Waals surface area contributed by atoms with Crippen LogP contribution in [0.2, 0.25) is 0 Å². The van der Waals surface area contributed by atoms with Crippen molar-refractivity contribution < 1.29 is 18.7 Å². The summed E-state index contributed by atoms with van der Waals surface area (Å²) in [5, 5.41) is 0. The predicted molar refractivity (Wildman–Crippen MR) is 65.5 cm³/mol. The molecule has 0 amide bonds. The summed E-state index contributed by atoms with van der Waals surface area (Å²) < 4.78 is 25.0. The van der Waals surface area contributed by atoms with E-state index in [0.717, 1.165) is 19.1 Å². The first-order valence-electron chi connectivity index (χ1n) is 5.21. The lowest BCUT2D eigenvalue weighted by Crippen LogP contribution is -2.37. The first-order valence-corrected chi connectivity index (χ1v) is 6.89. The first-order chi connectivity index (χ1) is 8.71. The Bertz CT molecular complexity index is 806. The van der Waals surface area contributed by atoms with Crippen LogP contribution in [0.15, 0.2) is 27.8 Å². The van der Waals surface area contributed by atoms with E-state index in [2.05, 4.69) is 4.98 Å². The number of benzene rings is 1. The number of aromatic amines is 1. The molecule has 0 saturated heterocycles. The fraction of sp³-hybridized carbons (Fsp3) is 0.200. The molecular formula is C10H10FN2O5P. The molecule has 19 heavy (non-hydrogen) atoms. The molecule has 3 N–H and O–H groups in total. The minimum absolute atomic E-state index is 0.00935. The van der Waals surface area contributed by atoms with Crippen LogP contribution in [0.5, 0.6) is 0 Å². The summed E-state index contributed by atoms with van der Waals surface area (Å²) in [6.07, 6.45) is 0. The summed E-state index contributed by atoms with van der Waals surface area (Å²) in [6, 6.07) is 3.18. The van der Waals surface area contributed by atoms with Gasteiger partial charge in [-0.25, -0.2) is 4.39 Å². The summed E-state index contributed by atoms with van der Waals surface area (Å²) in [5.74, 6) is -2.16. The van der Waals surface area contributed by atoms with E-state index in [1.807, 2.05) is 0 Å². The van der Waals surface area contributed by atoms with Gasteiger partial charge in [-0.05, 0) is 25.1 Å². The molecule has 0 saturated carbocycles. The van der Waals surface area contributed by atoms with Crippen LogP contribution in [0.25, 0.3) is 11.0 Å². The van der Waals surface area contributed by atoms with Gasteiger partial charge in [0.1, 0.15) is 11.6 Å². The van der Waals surface area contributed by atoms with Gasteiger partial charge >= 0.3 is 18.7 Å². The highest BCUT2D eigenvalue weighted by molar-refractivity contribution is 7.51. The maximum atomic E-state index is 13.1. The zero-order valence-corrected chi connectivity index (χ0v) is 10.6. The fourth-order valence-electron chi connectivity index (χ4n) is 1.73. The van der Waals surface area contributed by atoms with Crippen molar-refractivity contribution in [2.45, 2.75) is 12.7 Å². The molecule has 0 aliphatic carbocycles. The van der Waals surface area contributed by atoms with Gasteiger partial charge < -0.3 is 14.8 Å². The molecule has 0 spiro atoms. The normalized spacial score (nSPS) is 13.7. The van der Waals surface area contributed by atoms with Gasteiger partial charge in [-0.3, -0.25) is 18.7 Å². The standard InChI is InChI=1S/C10H10FN2O5P/c1-5(19(16,17)18)13-8-3-2-6(11)4-7(8)12-9(14)10(13)15/h2-5H,1H3,(H,12,14)(H2,16,17,18). The molecule has 2 aromatic rings. The zero-order valence-electron chi connectivity index (χ0n) is 9.70. The van der Waals surface area contributed by atoms with Crippen LogP contribution < -0.4 is 11.1 Å². The van der Waals surface area contributed by atoms with E-state index < -0.39 is 30.3 Å². The average molecular weight is 288 g/mol. The Morgan fingerprint density at radius 2 is 2.00 bits per heavy atom. The van der Waals surface area contributed by atoms with Crippen molar-refractivity contribution in [2.75, 3.05) is 0 Å². The molecular weight excluding hydrogens is 278 g/mol. The third-order valence-corrected chi connectivity index (χ3v) is 3.94. The Hall–Kier alpha value is -1.76. The number of aromatic nitrogens is 2. The minimum atomic E-state index is -4.63. The largest absolute Gasteiger partial charge is 0.347 e. The van der Waals surface area contributed by atoms with Gasteiger partial charge in [-0.15, -0.1) is 0 Å². The summed E-state index contributed by atoms with van der Waals surface area (Å²) >= 11 is 0. The minimum Gasteiger partial charge on any atom is -0.323 e. The second kappa shape index (κ2) is 4.41. The number of halogens is 1. The van der Waals surface area contributed by atoms with Crippen LogP contribution in [0, 0.1) is 5.82 Å². The molecule has 1 aromatic heterocycles. The second-order valence-corrected chi connectivity index (χ2v) is 5.94. The lowest BCUT2D eigenvalue weighted by Gasteiger charge is -2.18. The van der Waals surface area contributed by atoms with Crippen LogP contribution in [0.4, 0.5) is 4.39 Å². The molecule has 1 aromatic carbocycles. The van der Waals surface area contributed by atoms with Crippen LogP contribution in [0.3, 0.4) is 0 Å². The maximum absolute atomic E-state index is 13.1. The third kappa shape index (κ3) is 2.37. The van der Waals surface area contributed by atoms with Crippen LogP contribution in [-0.4, -0.2) is 19.3 Å². The number of rotatable bonds is 2. The van der Waals surface area contributed by atoms with Gasteiger partial charge in [-0.2, -0.15) is 0 Å². The Morgan fingerprint density at radius 1 is 1.37 bits per heavy atom. The van der Waals surface area contributed by atoms with Gasteiger partial charge in [0.2, 0.25) is 0 Å². The Balaban J connectivity index is 2.93. The van der Waals surface area contributed by atoms with E-state index in [9.17, 15) is 18.5 Å². The summed E-state index contributed by atoms with van der Waals surface area (Å²) in [5.41, 5.74) is -2.14. The highest BCUT2D eigenvalue weighted by Crippen LogP contribution is 2.48. The van der Waals surface area contributed by atoms with Crippen molar-refractivity contribution in [1.82, 2.24) is 9.55 Å². The van der Waals surface area contributed by atoms with Crippen LogP contribution in [-0.2, 0) is 4.57 Å². The van der Waals surface area contributed by atoms with Crippen molar-refractivity contribution in [3.63, 3.8) is 0 Å². The monoisotopic (exact) mass is 288 g/mol. The number of nitrogens with zero attached hydrogens (tertiary/aromatic N) is 1. The molecule has 7 nitrogen and oxygen atoms in total. The van der Waals surface area contributed by atoms with E-state index in [1.165, 1.54) is 6.07 Å². The van der Waals surface area contributed by atoms with Crippen molar-refractivity contribution in [2.24, 2.45) is 0 Å². The van der Waals surface area contributed by atoms with E-state index in [-0.39, 0.29) is 11.0 Å². The van der Waals surface area contributed by atoms with Crippen molar-refractivity contribution in [1.29, 1.82) is 0 Å². The van der Waals surface area contributed by atoms with Gasteiger partial charge in [0.15, 0.2) is 0 Å². The number of fused-ring (bicyclic) bond motifs is 1. The molecule has 9 heteroatoms. The zero-order chi connectivity index (χ0) is 14.4. The molecule has 1 atom stereocenters. The van der Waals surface area contributed by atoms with Gasteiger partial charge in [0, 0.05) is 0 Å². The quantitative estimate of drug-likeness (QED) is 0.551. The smallest absolute Gasteiger partial charge is 0.323 e. The topological polar surface area (TPSA) is 112 Å². The molecule has 1 unspecified atom stereocenters. The Morgan fingerprint density at radius 3 is 2.58 bits per heavy atom. The summed E-state index contributed by atoms with van der Waals surface area (Å²) in [6.45, 7) is 1.12. The summed E-state index contributed by atoms with van der Waals surface area (Å²) in [7, 11) is -4.63. The molecule has 2 rings (SSSR count). The molecule has 0 fully saturated rings. The molecule has 1 heterocycles. The van der Waals surface area contributed by atoms with E-state index in [1.54, 1.807) is 0 Å². The van der Waals surface area contributed by atoms with E-state index in [0.29, 0.717) is 4.57 Å². The molecule has 0 aliphatic heterocycles. The second-order valence-electron chi connectivity index (χ2n) is 4.01. The first kappa shape index (κ1) is 13.7. The molecule has 0 bridgehead atoms. The van der Waals surface area contributed by atoms with Crippen LogP contribution >= 0.6 is 7.60 Å². The predicted octanol–water partition coefficient (Wildman–Crippen LogP) is 0.525. The number of hydrogen-bond donors (Lipinski definition) is 3. The summed E-state index contributed by atoms with van der Waals surface area (Å²) in [4.78, 5) is 43.6. The average Bonchev–Trinajstić information content (AvgIpc) is 2.29.